The minimum absolute atomic E-state index is 0.258. The van der Waals surface area contributed by atoms with Gasteiger partial charge in [-0.3, -0.25) is 0 Å². The fourth-order valence-electron chi connectivity index (χ4n) is 1.61. The zero-order valence-corrected chi connectivity index (χ0v) is 12.9. The molecule has 0 atom stereocenters. The van der Waals surface area contributed by atoms with Gasteiger partial charge in [0.2, 0.25) is 0 Å². The Kier molecular flexibility index (Phi) is 5.44. The molecule has 0 radical (unpaired) electrons. The van der Waals surface area contributed by atoms with Crippen LogP contribution in [-0.2, 0) is 17.9 Å². The number of ether oxygens (including phenoxy) is 1. The minimum Gasteiger partial charge on any atom is -0.445 e. The van der Waals surface area contributed by atoms with E-state index in [0.29, 0.717) is 11.6 Å². The van der Waals surface area contributed by atoms with Gasteiger partial charge in [-0.25, -0.2) is 4.79 Å². The number of halogens is 2. The summed E-state index contributed by atoms with van der Waals surface area (Å²) in [5, 5.41) is 3.34. The first kappa shape index (κ1) is 14.9. The van der Waals surface area contributed by atoms with E-state index in [1.54, 1.807) is 12.1 Å². The maximum absolute atomic E-state index is 11.6. The molecule has 0 aliphatic heterocycles. The molecule has 0 spiro atoms. The van der Waals surface area contributed by atoms with E-state index in [1.165, 1.54) is 0 Å². The second-order valence-electron chi connectivity index (χ2n) is 4.15. The van der Waals surface area contributed by atoms with Crippen LogP contribution in [0.25, 0.3) is 0 Å². The largest absolute Gasteiger partial charge is 0.445 e. The normalized spacial score (nSPS) is 10.1. The van der Waals surface area contributed by atoms with Gasteiger partial charge in [-0.1, -0.05) is 63.9 Å². The summed E-state index contributed by atoms with van der Waals surface area (Å²) in [5.74, 6) is 0. The Morgan fingerprint density at radius 3 is 2.65 bits per heavy atom. The van der Waals surface area contributed by atoms with Gasteiger partial charge in [-0.2, -0.15) is 0 Å². The van der Waals surface area contributed by atoms with Crippen LogP contribution in [0.3, 0.4) is 0 Å². The van der Waals surface area contributed by atoms with Gasteiger partial charge in [0.05, 0.1) is 0 Å². The van der Waals surface area contributed by atoms with Crippen LogP contribution in [0.2, 0.25) is 5.02 Å². The lowest BCUT2D eigenvalue weighted by Crippen LogP contribution is -2.23. The molecule has 1 amide bonds. The van der Waals surface area contributed by atoms with Gasteiger partial charge in [-0.05, 0) is 23.3 Å². The van der Waals surface area contributed by atoms with Gasteiger partial charge in [0, 0.05) is 16.0 Å². The maximum atomic E-state index is 11.6. The van der Waals surface area contributed by atoms with Gasteiger partial charge >= 0.3 is 6.09 Å². The highest BCUT2D eigenvalue weighted by molar-refractivity contribution is 9.10. The maximum Gasteiger partial charge on any atom is 0.407 e. The summed E-state index contributed by atoms with van der Waals surface area (Å²) in [4.78, 5) is 11.6. The molecular formula is C15H13BrClNO2. The van der Waals surface area contributed by atoms with E-state index >= 15 is 0 Å². The molecular weight excluding hydrogens is 342 g/mol. The number of rotatable bonds is 4. The minimum atomic E-state index is -0.448. The molecule has 0 bridgehead atoms. The zero-order valence-electron chi connectivity index (χ0n) is 10.6. The zero-order chi connectivity index (χ0) is 14.4. The first-order chi connectivity index (χ1) is 9.65. The SMILES string of the molecule is O=C(NCc1ccc(Cl)cc1Br)OCc1ccccc1. The fraction of sp³-hybridized carbons (Fsp3) is 0.133. The van der Waals surface area contributed by atoms with Crippen molar-refractivity contribution in [1.29, 1.82) is 0 Å². The van der Waals surface area contributed by atoms with E-state index in [-0.39, 0.29) is 6.61 Å². The number of benzene rings is 2. The van der Waals surface area contributed by atoms with E-state index < -0.39 is 6.09 Å². The van der Waals surface area contributed by atoms with Crippen LogP contribution < -0.4 is 5.32 Å². The highest BCUT2D eigenvalue weighted by atomic mass is 79.9. The molecule has 0 heterocycles. The molecule has 0 fully saturated rings. The molecule has 2 rings (SSSR count). The van der Waals surface area contributed by atoms with E-state index in [4.69, 9.17) is 16.3 Å². The lowest BCUT2D eigenvalue weighted by atomic mass is 10.2. The quantitative estimate of drug-likeness (QED) is 0.876. The van der Waals surface area contributed by atoms with Crippen molar-refractivity contribution in [2.45, 2.75) is 13.2 Å². The Hall–Kier alpha value is -1.52. The summed E-state index contributed by atoms with van der Waals surface area (Å²) < 4.78 is 5.98. The third kappa shape index (κ3) is 4.54. The van der Waals surface area contributed by atoms with Crippen molar-refractivity contribution < 1.29 is 9.53 Å². The molecule has 0 saturated carbocycles. The van der Waals surface area contributed by atoms with E-state index in [1.807, 2.05) is 36.4 Å². The molecule has 0 aliphatic carbocycles. The lowest BCUT2D eigenvalue weighted by Gasteiger charge is -2.08. The molecule has 0 saturated heterocycles. The predicted octanol–water partition coefficient (Wildman–Crippen LogP) is 4.53. The van der Waals surface area contributed by atoms with Crippen molar-refractivity contribution >= 4 is 33.6 Å². The van der Waals surface area contributed by atoms with Crippen LogP contribution in [0.4, 0.5) is 4.79 Å². The molecule has 5 heteroatoms. The molecule has 0 unspecified atom stereocenters. The van der Waals surface area contributed by atoms with Crippen molar-refractivity contribution in [3.05, 3.63) is 69.2 Å². The molecule has 0 aromatic heterocycles. The van der Waals surface area contributed by atoms with E-state index in [9.17, 15) is 4.79 Å². The highest BCUT2D eigenvalue weighted by Crippen LogP contribution is 2.21. The standard InChI is InChI=1S/C15H13BrClNO2/c16-14-8-13(17)7-6-12(14)9-18-15(19)20-10-11-4-2-1-3-5-11/h1-8H,9-10H2,(H,18,19). The fourth-order valence-corrected chi connectivity index (χ4v) is 2.43. The number of amides is 1. The van der Waals surface area contributed by atoms with Gasteiger partial charge in [0.1, 0.15) is 6.61 Å². The van der Waals surface area contributed by atoms with Crippen LogP contribution >= 0.6 is 27.5 Å². The van der Waals surface area contributed by atoms with Gasteiger partial charge in [0.25, 0.3) is 0 Å². The molecule has 0 aliphatic rings. The number of nitrogens with one attached hydrogen (secondary N) is 1. The topological polar surface area (TPSA) is 38.3 Å². The van der Waals surface area contributed by atoms with Crippen molar-refractivity contribution in [2.24, 2.45) is 0 Å². The van der Waals surface area contributed by atoms with Crippen LogP contribution in [0.1, 0.15) is 11.1 Å². The van der Waals surface area contributed by atoms with Crippen LogP contribution in [0.15, 0.2) is 53.0 Å². The lowest BCUT2D eigenvalue weighted by molar-refractivity contribution is 0.139. The first-order valence-corrected chi connectivity index (χ1v) is 7.21. The number of carbonyl (C=O) groups is 1. The highest BCUT2D eigenvalue weighted by Gasteiger charge is 2.05. The second-order valence-corrected chi connectivity index (χ2v) is 5.44. The number of hydrogen-bond acceptors (Lipinski definition) is 2. The van der Waals surface area contributed by atoms with Crippen LogP contribution in [-0.4, -0.2) is 6.09 Å². The molecule has 104 valence electrons. The Labute approximate surface area is 131 Å². The molecule has 2 aromatic rings. The summed E-state index contributed by atoms with van der Waals surface area (Å²) in [7, 11) is 0. The van der Waals surface area contributed by atoms with Crippen LogP contribution in [0, 0.1) is 0 Å². The first-order valence-electron chi connectivity index (χ1n) is 6.03. The van der Waals surface area contributed by atoms with Crippen LogP contribution in [0.5, 0.6) is 0 Å². The molecule has 2 aromatic carbocycles. The summed E-state index contributed by atoms with van der Waals surface area (Å²) in [6.45, 7) is 0.639. The van der Waals surface area contributed by atoms with Crippen molar-refractivity contribution in [3.8, 4) is 0 Å². The third-order valence-corrected chi connectivity index (χ3v) is 3.62. The van der Waals surface area contributed by atoms with Gasteiger partial charge in [0.15, 0.2) is 0 Å². The summed E-state index contributed by atoms with van der Waals surface area (Å²) in [6.07, 6.45) is -0.448. The summed E-state index contributed by atoms with van der Waals surface area (Å²) >= 11 is 9.25. The average molecular weight is 355 g/mol. The smallest absolute Gasteiger partial charge is 0.407 e. The Morgan fingerprint density at radius 2 is 1.95 bits per heavy atom. The Balaban J connectivity index is 1.80. The Morgan fingerprint density at radius 1 is 1.20 bits per heavy atom. The molecule has 3 nitrogen and oxygen atoms in total. The number of alkyl carbamates (subject to hydrolysis) is 1. The predicted molar refractivity (Wildman–Crippen MR) is 82.6 cm³/mol. The van der Waals surface area contributed by atoms with E-state index in [2.05, 4.69) is 21.2 Å². The third-order valence-electron chi connectivity index (χ3n) is 2.65. The molecule has 1 N–H and O–H groups in total. The van der Waals surface area contributed by atoms with Gasteiger partial charge in [-0.15, -0.1) is 0 Å². The Bertz CT molecular complexity index is 590. The second kappa shape index (κ2) is 7.31. The summed E-state index contributed by atoms with van der Waals surface area (Å²) in [5.41, 5.74) is 1.89. The van der Waals surface area contributed by atoms with Crippen molar-refractivity contribution in [2.75, 3.05) is 0 Å². The molecule has 20 heavy (non-hydrogen) atoms. The monoisotopic (exact) mass is 353 g/mol. The van der Waals surface area contributed by atoms with E-state index in [0.717, 1.165) is 15.6 Å². The summed E-state index contributed by atoms with van der Waals surface area (Å²) in [6, 6.07) is 15.0. The number of hydrogen-bond donors (Lipinski definition) is 1. The van der Waals surface area contributed by atoms with Crippen molar-refractivity contribution in [1.82, 2.24) is 5.32 Å². The van der Waals surface area contributed by atoms with Gasteiger partial charge < -0.3 is 10.1 Å². The van der Waals surface area contributed by atoms with Crippen molar-refractivity contribution in [3.63, 3.8) is 0 Å². The average Bonchev–Trinajstić information content (AvgIpc) is 2.45. The number of carbonyl (C=O) groups excluding carboxylic acids is 1.